The van der Waals surface area contributed by atoms with Crippen LogP contribution in [0, 0.1) is 0 Å². The van der Waals surface area contributed by atoms with Crippen molar-refractivity contribution >= 4 is 12.0 Å². The Morgan fingerprint density at radius 1 is 1.39 bits per heavy atom. The summed E-state index contributed by atoms with van der Waals surface area (Å²) in [7, 11) is 1.62. The molecule has 1 aliphatic heterocycles. The number of nitrogens with one attached hydrogen (secondary N) is 1. The number of rotatable bonds is 7. The van der Waals surface area contributed by atoms with Gasteiger partial charge in [-0.1, -0.05) is 18.2 Å². The van der Waals surface area contributed by atoms with E-state index in [1.807, 2.05) is 24.3 Å². The molecule has 0 spiro atoms. The first kappa shape index (κ1) is 17.5. The van der Waals surface area contributed by atoms with E-state index in [1.165, 1.54) is 6.08 Å². The number of likely N-dealkylation sites (tertiary alicyclic amines) is 1. The molecule has 0 aromatic heterocycles. The quantitative estimate of drug-likeness (QED) is 0.593. The molecule has 1 saturated heterocycles. The molecule has 0 saturated carbocycles. The summed E-state index contributed by atoms with van der Waals surface area (Å²) in [6.45, 7) is 3.52. The lowest BCUT2D eigenvalue weighted by Gasteiger charge is -2.29. The summed E-state index contributed by atoms with van der Waals surface area (Å²) in [5.74, 6) is 0.661. The monoisotopic (exact) mass is 318 g/mol. The van der Waals surface area contributed by atoms with E-state index in [4.69, 9.17) is 4.74 Å². The molecule has 1 heterocycles. The molecule has 0 unspecified atom stereocenters. The maximum atomic E-state index is 11.8. The van der Waals surface area contributed by atoms with E-state index < -0.39 is 0 Å². The fraction of sp³-hybridized carbons (Fsp3) is 0.500. The van der Waals surface area contributed by atoms with E-state index in [9.17, 15) is 9.90 Å². The Bertz CT molecular complexity index is 523. The third kappa shape index (κ3) is 6.04. The molecule has 23 heavy (non-hydrogen) atoms. The van der Waals surface area contributed by atoms with E-state index >= 15 is 0 Å². The number of carbonyl (C=O) groups is 1. The molecule has 2 rings (SSSR count). The normalized spacial score (nSPS) is 16.6. The van der Waals surface area contributed by atoms with Gasteiger partial charge in [0.15, 0.2) is 0 Å². The van der Waals surface area contributed by atoms with Gasteiger partial charge in [-0.15, -0.1) is 0 Å². The highest BCUT2D eigenvalue weighted by atomic mass is 16.5. The van der Waals surface area contributed by atoms with E-state index in [1.54, 1.807) is 13.2 Å². The number of methoxy groups -OCH3 is 1. The minimum Gasteiger partial charge on any atom is -0.496 e. The highest BCUT2D eigenvalue weighted by Crippen LogP contribution is 2.18. The SMILES string of the molecule is COc1ccccc1C=CC(=O)NCCCN1CCC(O)CC1. The van der Waals surface area contributed by atoms with Crippen LogP contribution < -0.4 is 10.1 Å². The number of benzene rings is 1. The van der Waals surface area contributed by atoms with Crippen LogP contribution in [0.2, 0.25) is 0 Å². The van der Waals surface area contributed by atoms with Crippen LogP contribution in [-0.4, -0.2) is 55.3 Å². The smallest absolute Gasteiger partial charge is 0.244 e. The minimum absolute atomic E-state index is 0.0926. The standard InChI is InChI=1S/C18H26N2O3/c1-23-17-6-3-2-5-15(17)7-8-18(22)19-11-4-12-20-13-9-16(21)10-14-20/h2-3,5-8,16,21H,4,9-14H2,1H3,(H,19,22). The van der Waals surface area contributed by atoms with Gasteiger partial charge in [0.1, 0.15) is 5.75 Å². The number of nitrogens with zero attached hydrogens (tertiary/aromatic N) is 1. The number of hydrogen-bond donors (Lipinski definition) is 2. The molecule has 1 aromatic carbocycles. The zero-order valence-corrected chi connectivity index (χ0v) is 13.7. The Kier molecular flexibility index (Phi) is 7.10. The molecule has 126 valence electrons. The van der Waals surface area contributed by atoms with Gasteiger partial charge in [-0.3, -0.25) is 4.79 Å². The van der Waals surface area contributed by atoms with Crippen molar-refractivity contribution in [1.82, 2.24) is 10.2 Å². The summed E-state index contributed by atoms with van der Waals surface area (Å²) in [6.07, 6.45) is 5.80. The van der Waals surface area contributed by atoms with Crippen LogP contribution in [0.1, 0.15) is 24.8 Å². The first-order valence-electron chi connectivity index (χ1n) is 8.18. The molecule has 1 fully saturated rings. The number of ether oxygens (including phenoxy) is 1. The van der Waals surface area contributed by atoms with Gasteiger partial charge in [-0.25, -0.2) is 0 Å². The first-order chi connectivity index (χ1) is 11.2. The first-order valence-corrected chi connectivity index (χ1v) is 8.18. The molecule has 0 radical (unpaired) electrons. The topological polar surface area (TPSA) is 61.8 Å². The molecule has 0 aliphatic carbocycles. The van der Waals surface area contributed by atoms with Gasteiger partial charge < -0.3 is 20.1 Å². The fourth-order valence-electron chi connectivity index (χ4n) is 2.69. The lowest BCUT2D eigenvalue weighted by Crippen LogP contribution is -2.37. The maximum Gasteiger partial charge on any atom is 0.244 e. The molecule has 0 atom stereocenters. The van der Waals surface area contributed by atoms with Crippen LogP contribution in [0.3, 0.4) is 0 Å². The predicted octanol–water partition coefficient (Wildman–Crippen LogP) is 1.67. The predicted molar refractivity (Wildman–Crippen MR) is 91.3 cm³/mol. The molecule has 1 aromatic rings. The van der Waals surface area contributed by atoms with Crippen molar-refractivity contribution in [2.75, 3.05) is 33.3 Å². The lowest BCUT2D eigenvalue weighted by molar-refractivity contribution is -0.116. The average molecular weight is 318 g/mol. The zero-order valence-electron chi connectivity index (χ0n) is 13.7. The minimum atomic E-state index is -0.133. The Morgan fingerprint density at radius 3 is 2.87 bits per heavy atom. The average Bonchev–Trinajstić information content (AvgIpc) is 2.58. The van der Waals surface area contributed by atoms with Gasteiger partial charge in [-0.2, -0.15) is 0 Å². The van der Waals surface area contributed by atoms with Crippen LogP contribution in [0.5, 0.6) is 5.75 Å². The number of aliphatic hydroxyl groups excluding tert-OH is 1. The molecule has 5 nitrogen and oxygen atoms in total. The van der Waals surface area contributed by atoms with E-state index in [2.05, 4.69) is 10.2 Å². The molecular formula is C18H26N2O3. The number of aliphatic hydroxyl groups is 1. The summed E-state index contributed by atoms with van der Waals surface area (Å²) in [4.78, 5) is 14.2. The van der Waals surface area contributed by atoms with Crippen molar-refractivity contribution < 1.29 is 14.6 Å². The van der Waals surface area contributed by atoms with E-state index in [0.717, 1.165) is 50.2 Å². The third-order valence-corrected chi connectivity index (χ3v) is 4.06. The molecule has 1 amide bonds. The lowest BCUT2D eigenvalue weighted by atomic mass is 10.1. The summed E-state index contributed by atoms with van der Waals surface area (Å²) < 4.78 is 5.24. The summed E-state index contributed by atoms with van der Waals surface area (Å²) in [5, 5.41) is 12.4. The maximum absolute atomic E-state index is 11.8. The van der Waals surface area contributed by atoms with Gasteiger partial charge in [0.25, 0.3) is 0 Å². The number of carbonyl (C=O) groups excluding carboxylic acids is 1. The van der Waals surface area contributed by atoms with Gasteiger partial charge in [0.05, 0.1) is 13.2 Å². The van der Waals surface area contributed by atoms with Crippen molar-refractivity contribution in [3.05, 3.63) is 35.9 Å². The van der Waals surface area contributed by atoms with Crippen LogP contribution in [0.4, 0.5) is 0 Å². The summed E-state index contributed by atoms with van der Waals surface area (Å²) in [6, 6.07) is 7.59. The van der Waals surface area contributed by atoms with Gasteiger partial charge >= 0.3 is 0 Å². The zero-order chi connectivity index (χ0) is 16.5. The number of para-hydroxylation sites is 1. The van der Waals surface area contributed by atoms with E-state index in [0.29, 0.717) is 6.54 Å². The fourth-order valence-corrected chi connectivity index (χ4v) is 2.69. The Labute approximate surface area is 137 Å². The molecule has 5 heteroatoms. The Balaban J connectivity index is 1.66. The Morgan fingerprint density at radius 2 is 2.13 bits per heavy atom. The summed E-state index contributed by atoms with van der Waals surface area (Å²) >= 11 is 0. The molecular weight excluding hydrogens is 292 g/mol. The number of hydrogen-bond acceptors (Lipinski definition) is 4. The van der Waals surface area contributed by atoms with Crippen LogP contribution in [0.25, 0.3) is 6.08 Å². The van der Waals surface area contributed by atoms with Crippen molar-refractivity contribution in [2.45, 2.75) is 25.4 Å². The Hall–Kier alpha value is -1.85. The van der Waals surface area contributed by atoms with Crippen molar-refractivity contribution in [2.24, 2.45) is 0 Å². The summed E-state index contributed by atoms with van der Waals surface area (Å²) in [5.41, 5.74) is 0.886. The highest BCUT2D eigenvalue weighted by molar-refractivity contribution is 5.92. The van der Waals surface area contributed by atoms with E-state index in [-0.39, 0.29) is 12.0 Å². The van der Waals surface area contributed by atoms with Crippen molar-refractivity contribution in [3.63, 3.8) is 0 Å². The van der Waals surface area contributed by atoms with Crippen molar-refractivity contribution in [3.8, 4) is 5.75 Å². The number of amides is 1. The molecule has 1 aliphatic rings. The van der Waals surface area contributed by atoms with Gasteiger partial charge in [0, 0.05) is 31.3 Å². The second-order valence-electron chi connectivity index (χ2n) is 5.79. The number of piperidine rings is 1. The molecule has 2 N–H and O–H groups in total. The second-order valence-corrected chi connectivity index (χ2v) is 5.79. The van der Waals surface area contributed by atoms with Crippen LogP contribution >= 0.6 is 0 Å². The van der Waals surface area contributed by atoms with Crippen molar-refractivity contribution in [1.29, 1.82) is 0 Å². The second kappa shape index (κ2) is 9.33. The highest BCUT2D eigenvalue weighted by Gasteiger charge is 2.15. The van der Waals surface area contributed by atoms with Crippen LogP contribution in [-0.2, 0) is 4.79 Å². The third-order valence-electron chi connectivity index (χ3n) is 4.06. The largest absolute Gasteiger partial charge is 0.496 e. The molecule has 0 bridgehead atoms. The van der Waals surface area contributed by atoms with Gasteiger partial charge in [0.2, 0.25) is 5.91 Å². The van der Waals surface area contributed by atoms with Gasteiger partial charge in [-0.05, 0) is 37.9 Å². The van der Waals surface area contributed by atoms with Crippen LogP contribution in [0.15, 0.2) is 30.3 Å².